The fourth-order valence-electron chi connectivity index (χ4n) is 3.21. The number of aryl methyl sites for hydroxylation is 1. The summed E-state index contributed by atoms with van der Waals surface area (Å²) in [6.07, 6.45) is 7.18. The minimum atomic E-state index is 0. The van der Waals surface area contributed by atoms with Gasteiger partial charge in [-0.15, -0.1) is 0 Å². The van der Waals surface area contributed by atoms with Crippen LogP contribution in [-0.2, 0) is 11.2 Å². The number of unbranched alkanes of at least 4 members (excludes halogenated alkanes) is 1. The van der Waals surface area contributed by atoms with Crippen molar-refractivity contribution in [3.05, 3.63) is 23.5 Å². The predicted octanol–water partition coefficient (Wildman–Crippen LogP) is 4.93. The van der Waals surface area contributed by atoms with Gasteiger partial charge in [0.2, 0.25) is 0 Å². The number of hydrogen-bond donors (Lipinski definition) is 1. The molecule has 150 valence electrons. The minimum Gasteiger partial charge on any atom is -0.368 e. The highest BCUT2D eigenvalue weighted by Gasteiger charge is 2.27. The number of hydrogen-bond acceptors (Lipinski definition) is 4. The van der Waals surface area contributed by atoms with Crippen molar-refractivity contribution in [3.63, 3.8) is 0 Å². The van der Waals surface area contributed by atoms with Crippen LogP contribution in [0.25, 0.3) is 0 Å². The van der Waals surface area contributed by atoms with Gasteiger partial charge in [0.05, 0.1) is 0 Å². The van der Waals surface area contributed by atoms with E-state index in [1.54, 1.807) is 6.92 Å². The molecule has 0 amide bonds. The maximum atomic E-state index is 10.2. The Labute approximate surface area is 161 Å². The maximum Gasteiger partial charge on any atom is 0.129 e. The molecule has 1 aliphatic rings. The van der Waals surface area contributed by atoms with E-state index < -0.39 is 0 Å². The molecule has 0 atom stereocenters. The van der Waals surface area contributed by atoms with Gasteiger partial charge >= 0.3 is 0 Å². The summed E-state index contributed by atoms with van der Waals surface area (Å²) in [7, 11) is 0. The van der Waals surface area contributed by atoms with Crippen LogP contribution in [0.4, 0.5) is 5.69 Å². The van der Waals surface area contributed by atoms with Gasteiger partial charge < -0.3 is 15.0 Å². The molecule has 26 heavy (non-hydrogen) atoms. The molecular weight excluding hydrogens is 322 g/mol. The lowest BCUT2D eigenvalue weighted by molar-refractivity contribution is -0.117. The van der Waals surface area contributed by atoms with E-state index in [1.165, 1.54) is 23.4 Å². The van der Waals surface area contributed by atoms with Gasteiger partial charge in [-0.25, -0.2) is 0 Å². The first kappa shape index (κ1) is 24.6. The number of carbonyl (C=O) groups is 1. The molecular formula is C22H41N3O. The zero-order valence-corrected chi connectivity index (χ0v) is 17.1. The molecule has 1 fully saturated rings. The van der Waals surface area contributed by atoms with Crippen molar-refractivity contribution >= 4 is 11.5 Å². The number of nitrogens with one attached hydrogen (secondary N) is 1. The van der Waals surface area contributed by atoms with Gasteiger partial charge in [-0.1, -0.05) is 34.1 Å². The summed E-state index contributed by atoms with van der Waals surface area (Å²) in [5.41, 5.74) is 4.20. The second kappa shape index (κ2) is 12.1. The number of rotatable bonds is 6. The fraction of sp³-hybridized carbons (Fsp3) is 0.727. The Hall–Kier alpha value is -1.42. The van der Waals surface area contributed by atoms with Gasteiger partial charge in [0.15, 0.2) is 0 Å². The third-order valence-electron chi connectivity index (χ3n) is 4.54. The largest absolute Gasteiger partial charge is 0.368 e. The second-order valence-corrected chi connectivity index (χ2v) is 7.68. The first-order chi connectivity index (χ1) is 11.8. The van der Waals surface area contributed by atoms with Crippen LogP contribution in [0.1, 0.15) is 79.0 Å². The van der Waals surface area contributed by atoms with Crippen molar-refractivity contribution in [1.29, 1.82) is 0 Å². The first-order valence-electron chi connectivity index (χ1n) is 9.74. The summed E-state index contributed by atoms with van der Waals surface area (Å²) in [6, 6.07) is 2.18. The van der Waals surface area contributed by atoms with Gasteiger partial charge in [0.1, 0.15) is 5.78 Å². The van der Waals surface area contributed by atoms with Crippen LogP contribution in [0.5, 0.6) is 0 Å². The molecule has 0 aliphatic carbocycles. The summed E-state index contributed by atoms with van der Waals surface area (Å²) >= 11 is 0. The standard InChI is InChI=1S/C15H25N3.C6H12O.CH4/c1-5-6-13-12(2)16-8-7-14(13)18-10-9-17-15(3,4)11-18;1-3-4-5-6(2)7;/h7-8,17H,5-6,9-11H2,1-4H3;3-5H2,1-2H3;1H4. The number of anilines is 1. The summed E-state index contributed by atoms with van der Waals surface area (Å²) < 4.78 is 0. The van der Waals surface area contributed by atoms with Gasteiger partial charge in [-0.3, -0.25) is 4.98 Å². The number of pyridine rings is 1. The third-order valence-corrected chi connectivity index (χ3v) is 4.54. The normalized spacial score (nSPS) is 15.5. The molecule has 0 aromatic carbocycles. The lowest BCUT2D eigenvalue weighted by Crippen LogP contribution is -2.57. The average molecular weight is 364 g/mol. The van der Waals surface area contributed by atoms with E-state index in [2.05, 4.69) is 55.9 Å². The lowest BCUT2D eigenvalue weighted by atomic mass is 9.99. The number of ketones is 1. The van der Waals surface area contributed by atoms with Crippen molar-refractivity contribution in [3.8, 4) is 0 Å². The number of carbonyl (C=O) groups excluding carboxylic acids is 1. The number of Topliss-reactive ketones (excluding diaryl/α,β-unsaturated/α-hetero) is 1. The average Bonchev–Trinajstić information content (AvgIpc) is 2.54. The molecule has 1 saturated heterocycles. The molecule has 0 saturated carbocycles. The van der Waals surface area contributed by atoms with E-state index in [0.717, 1.165) is 45.3 Å². The molecule has 1 aromatic rings. The molecule has 0 bridgehead atoms. The Kier molecular flexibility index (Phi) is 11.4. The van der Waals surface area contributed by atoms with Gasteiger partial charge in [0.25, 0.3) is 0 Å². The smallest absolute Gasteiger partial charge is 0.129 e. The summed E-state index contributed by atoms with van der Waals surface area (Å²) in [5, 5.41) is 3.57. The Morgan fingerprint density at radius 2 is 2.00 bits per heavy atom. The minimum absolute atomic E-state index is 0. The van der Waals surface area contributed by atoms with Crippen LogP contribution in [0, 0.1) is 6.92 Å². The van der Waals surface area contributed by atoms with Crippen LogP contribution in [-0.4, -0.2) is 35.9 Å². The molecule has 0 spiro atoms. The summed E-state index contributed by atoms with van der Waals surface area (Å²) in [6.45, 7) is 15.8. The van der Waals surface area contributed by atoms with Crippen molar-refractivity contribution in [1.82, 2.24) is 10.3 Å². The molecule has 1 N–H and O–H groups in total. The molecule has 4 nitrogen and oxygen atoms in total. The molecule has 1 aliphatic heterocycles. The van der Waals surface area contributed by atoms with Gasteiger partial charge in [-0.05, 0) is 52.2 Å². The molecule has 1 aromatic heterocycles. The van der Waals surface area contributed by atoms with E-state index >= 15 is 0 Å². The van der Waals surface area contributed by atoms with Crippen LogP contribution >= 0.6 is 0 Å². The quantitative estimate of drug-likeness (QED) is 0.778. The van der Waals surface area contributed by atoms with Crippen molar-refractivity contribution in [2.75, 3.05) is 24.5 Å². The van der Waals surface area contributed by atoms with Crippen LogP contribution in [0.15, 0.2) is 12.3 Å². The summed E-state index contributed by atoms with van der Waals surface area (Å²) in [5.74, 6) is 0.307. The van der Waals surface area contributed by atoms with Crippen molar-refractivity contribution < 1.29 is 4.79 Å². The van der Waals surface area contributed by atoms with Crippen LogP contribution in [0.2, 0.25) is 0 Å². The Morgan fingerprint density at radius 1 is 1.31 bits per heavy atom. The van der Waals surface area contributed by atoms with E-state index in [4.69, 9.17) is 0 Å². The van der Waals surface area contributed by atoms with Crippen LogP contribution in [0.3, 0.4) is 0 Å². The zero-order valence-electron chi connectivity index (χ0n) is 17.1. The molecule has 4 heteroatoms. The van der Waals surface area contributed by atoms with Crippen molar-refractivity contribution in [2.24, 2.45) is 0 Å². The number of aromatic nitrogens is 1. The Bertz CT molecular complexity index is 540. The Morgan fingerprint density at radius 3 is 2.50 bits per heavy atom. The van der Waals surface area contributed by atoms with Gasteiger partial charge in [-0.2, -0.15) is 0 Å². The van der Waals surface area contributed by atoms with E-state index in [9.17, 15) is 4.79 Å². The summed E-state index contributed by atoms with van der Waals surface area (Å²) in [4.78, 5) is 17.2. The monoisotopic (exact) mass is 363 g/mol. The first-order valence-corrected chi connectivity index (χ1v) is 9.74. The van der Waals surface area contributed by atoms with E-state index in [-0.39, 0.29) is 13.0 Å². The second-order valence-electron chi connectivity index (χ2n) is 7.68. The highest BCUT2D eigenvalue weighted by atomic mass is 16.1. The third kappa shape index (κ3) is 8.31. The van der Waals surface area contributed by atoms with Gasteiger partial charge in [0, 0.05) is 49.2 Å². The van der Waals surface area contributed by atoms with E-state index in [0.29, 0.717) is 5.78 Å². The molecule has 0 unspecified atom stereocenters. The molecule has 2 heterocycles. The highest BCUT2D eigenvalue weighted by molar-refractivity contribution is 5.75. The van der Waals surface area contributed by atoms with Crippen LogP contribution < -0.4 is 10.2 Å². The molecule has 0 radical (unpaired) electrons. The Balaban J connectivity index is 0.000000673. The molecule has 2 rings (SSSR count). The zero-order chi connectivity index (χ0) is 18.9. The maximum absolute atomic E-state index is 10.2. The number of nitrogens with zero attached hydrogens (tertiary/aromatic N) is 2. The van der Waals surface area contributed by atoms with E-state index in [1.807, 2.05) is 6.20 Å². The van der Waals surface area contributed by atoms with Crippen molar-refractivity contribution in [2.45, 2.75) is 86.6 Å². The lowest BCUT2D eigenvalue weighted by Gasteiger charge is -2.41. The topological polar surface area (TPSA) is 45.2 Å². The fourth-order valence-corrected chi connectivity index (χ4v) is 3.21. The SMILES string of the molecule is C.CCCCC(C)=O.CCCc1c(N2CCNC(C)(C)C2)ccnc1C. The highest BCUT2D eigenvalue weighted by Crippen LogP contribution is 2.26. The number of piperazine rings is 1. The predicted molar refractivity (Wildman–Crippen MR) is 114 cm³/mol.